The van der Waals surface area contributed by atoms with Gasteiger partial charge < -0.3 is 25.2 Å². The highest BCUT2D eigenvalue weighted by molar-refractivity contribution is 7.47. The van der Waals surface area contributed by atoms with Crippen LogP contribution in [-0.4, -0.2) is 60.5 Å². The van der Waals surface area contributed by atoms with Gasteiger partial charge in [-0.3, -0.25) is 18.6 Å². The monoisotopic (exact) mass is 820 g/mol. The number of esters is 1. The van der Waals surface area contributed by atoms with E-state index in [0.29, 0.717) is 6.61 Å². The maximum absolute atomic E-state index is 12.6. The number of carbonyl (C=O) groups is 2. The summed E-state index contributed by atoms with van der Waals surface area (Å²) in [5, 5.41) is 8.90. The molecule has 0 aliphatic carbocycles. The van der Waals surface area contributed by atoms with E-state index in [4.69, 9.17) is 29.4 Å². The third-order valence-electron chi connectivity index (χ3n) is 10.6. The predicted molar refractivity (Wildman–Crippen MR) is 231 cm³/mol. The highest BCUT2D eigenvalue weighted by Crippen LogP contribution is 2.43. The van der Waals surface area contributed by atoms with Crippen molar-refractivity contribution < 1.29 is 42.7 Å². The average molecular weight is 820 g/mol. The molecule has 11 heteroatoms. The number of hydrogen-bond acceptors (Lipinski definition) is 8. The van der Waals surface area contributed by atoms with E-state index in [2.05, 4.69) is 13.8 Å². The first-order valence-corrected chi connectivity index (χ1v) is 25.1. The van der Waals surface area contributed by atoms with Gasteiger partial charge >= 0.3 is 19.8 Å². The molecule has 0 amide bonds. The largest absolute Gasteiger partial charge is 0.480 e. The van der Waals surface area contributed by atoms with Crippen molar-refractivity contribution in [3.8, 4) is 0 Å². The first kappa shape index (κ1) is 55.0. The number of hydrogen-bond donors (Lipinski definition) is 3. The van der Waals surface area contributed by atoms with E-state index in [1.54, 1.807) is 0 Å². The molecule has 0 fully saturated rings. The van der Waals surface area contributed by atoms with Crippen LogP contribution in [0.3, 0.4) is 0 Å². The Kier molecular flexibility index (Phi) is 41.3. The van der Waals surface area contributed by atoms with E-state index in [1.165, 1.54) is 180 Å². The molecule has 0 bridgehead atoms. The number of carboxylic acid groups (broad SMARTS) is 1. The molecule has 56 heavy (non-hydrogen) atoms. The predicted octanol–water partition coefficient (Wildman–Crippen LogP) is 13.2. The first-order valence-electron chi connectivity index (χ1n) is 23.6. The van der Waals surface area contributed by atoms with Gasteiger partial charge in [-0.05, 0) is 12.8 Å². The van der Waals surface area contributed by atoms with Crippen molar-refractivity contribution in [1.29, 1.82) is 0 Å². The first-order chi connectivity index (χ1) is 27.2. The molecule has 0 aliphatic rings. The lowest BCUT2D eigenvalue weighted by atomic mass is 10.0. The Hall–Kier alpha value is -1.03. The Bertz CT molecular complexity index is 909. The molecule has 3 atom stereocenters. The van der Waals surface area contributed by atoms with E-state index < -0.39 is 45.1 Å². The number of aliphatic carboxylic acids is 1. The summed E-state index contributed by atoms with van der Waals surface area (Å²) in [4.78, 5) is 33.6. The van der Waals surface area contributed by atoms with E-state index in [9.17, 15) is 19.0 Å². The third kappa shape index (κ3) is 41.1. The second-order valence-corrected chi connectivity index (χ2v) is 17.7. The van der Waals surface area contributed by atoms with Crippen LogP contribution in [0.1, 0.15) is 239 Å². The molecule has 0 saturated heterocycles. The summed E-state index contributed by atoms with van der Waals surface area (Å²) >= 11 is 0. The summed E-state index contributed by atoms with van der Waals surface area (Å²) in [6.07, 6.45) is 43.0. The Morgan fingerprint density at radius 1 is 0.500 bits per heavy atom. The van der Waals surface area contributed by atoms with E-state index in [1.807, 2.05) is 0 Å². The standard InChI is InChI=1S/C45H90NO9P/c1-3-5-7-9-11-13-15-17-19-20-21-22-23-24-26-28-30-32-34-36-38-52-39-42(40-53-56(50,51)54-41-43(46)45(48)49)55-44(47)37-35-33-31-29-27-25-18-16-14-12-10-8-6-4-2/h42-43H,3-41,46H2,1-2H3,(H,48,49)(H,50,51). The molecular formula is C45H90NO9P. The van der Waals surface area contributed by atoms with Crippen LogP contribution in [0, 0.1) is 0 Å². The van der Waals surface area contributed by atoms with Crippen molar-refractivity contribution in [3.05, 3.63) is 0 Å². The Morgan fingerprint density at radius 3 is 1.18 bits per heavy atom. The van der Waals surface area contributed by atoms with Crippen molar-refractivity contribution in [1.82, 2.24) is 0 Å². The molecule has 0 heterocycles. The van der Waals surface area contributed by atoms with Gasteiger partial charge in [0.15, 0.2) is 0 Å². The zero-order valence-electron chi connectivity index (χ0n) is 36.5. The smallest absolute Gasteiger partial charge is 0.472 e. The molecule has 10 nitrogen and oxygen atoms in total. The van der Waals surface area contributed by atoms with Crippen molar-refractivity contribution >= 4 is 19.8 Å². The van der Waals surface area contributed by atoms with Gasteiger partial charge in [0.1, 0.15) is 12.1 Å². The average Bonchev–Trinajstić information content (AvgIpc) is 3.18. The summed E-state index contributed by atoms with van der Waals surface area (Å²) in [5.74, 6) is -1.76. The van der Waals surface area contributed by atoms with Crippen molar-refractivity contribution in [2.75, 3.05) is 26.4 Å². The molecule has 3 unspecified atom stereocenters. The van der Waals surface area contributed by atoms with Crippen LogP contribution in [0.25, 0.3) is 0 Å². The molecular weight excluding hydrogens is 729 g/mol. The molecule has 0 aliphatic heterocycles. The Morgan fingerprint density at radius 2 is 0.821 bits per heavy atom. The number of nitrogens with two attached hydrogens (primary N) is 1. The minimum atomic E-state index is -4.61. The van der Waals surface area contributed by atoms with Crippen LogP contribution in [0.2, 0.25) is 0 Å². The SMILES string of the molecule is CCCCCCCCCCCCCCCCCCCCCCOCC(COP(=O)(O)OCC(N)C(=O)O)OC(=O)CCCCCCCCCCCCCCCC. The molecule has 0 spiro atoms. The van der Waals surface area contributed by atoms with Crippen molar-refractivity contribution in [2.45, 2.75) is 251 Å². The van der Waals surface area contributed by atoms with Gasteiger partial charge in [-0.15, -0.1) is 0 Å². The highest BCUT2D eigenvalue weighted by atomic mass is 31.2. The van der Waals surface area contributed by atoms with Crippen LogP contribution in [-0.2, 0) is 32.7 Å². The fraction of sp³-hybridized carbons (Fsp3) is 0.956. The van der Waals surface area contributed by atoms with Gasteiger partial charge in [0.2, 0.25) is 0 Å². The fourth-order valence-electron chi connectivity index (χ4n) is 6.96. The maximum Gasteiger partial charge on any atom is 0.472 e. The molecule has 0 aromatic heterocycles. The number of phosphoric acid groups is 1. The van der Waals surface area contributed by atoms with Gasteiger partial charge in [0, 0.05) is 13.0 Å². The van der Waals surface area contributed by atoms with Crippen molar-refractivity contribution in [3.63, 3.8) is 0 Å². The summed E-state index contributed by atoms with van der Waals surface area (Å²) in [5.41, 5.74) is 5.36. The lowest BCUT2D eigenvalue weighted by Crippen LogP contribution is -2.34. The maximum atomic E-state index is 12.6. The van der Waals surface area contributed by atoms with Crippen LogP contribution < -0.4 is 5.73 Å². The minimum absolute atomic E-state index is 0.0260. The normalized spacial score (nSPS) is 13.8. The molecule has 0 saturated carbocycles. The molecule has 0 radical (unpaired) electrons. The second kappa shape index (κ2) is 42.1. The van der Waals surface area contributed by atoms with E-state index >= 15 is 0 Å². The highest BCUT2D eigenvalue weighted by Gasteiger charge is 2.27. The molecule has 0 rings (SSSR count). The quantitative estimate of drug-likeness (QED) is 0.0307. The second-order valence-electron chi connectivity index (χ2n) is 16.3. The summed E-state index contributed by atoms with van der Waals surface area (Å²) in [7, 11) is -4.61. The Labute approximate surface area is 344 Å². The fourth-order valence-corrected chi connectivity index (χ4v) is 7.74. The zero-order valence-corrected chi connectivity index (χ0v) is 37.4. The molecule has 0 aromatic carbocycles. The Balaban J connectivity index is 4.11. The summed E-state index contributed by atoms with van der Waals surface area (Å²) in [6, 6.07) is -1.47. The molecule has 334 valence electrons. The van der Waals surface area contributed by atoms with Gasteiger partial charge in [0.25, 0.3) is 0 Å². The number of carboxylic acids is 1. The van der Waals surface area contributed by atoms with Gasteiger partial charge in [0.05, 0.1) is 19.8 Å². The number of phosphoric ester groups is 1. The van der Waals surface area contributed by atoms with E-state index in [-0.39, 0.29) is 13.0 Å². The summed E-state index contributed by atoms with van der Waals surface area (Å²) in [6.45, 7) is 3.94. The zero-order chi connectivity index (χ0) is 41.2. The lowest BCUT2D eigenvalue weighted by Gasteiger charge is -2.20. The third-order valence-corrected chi connectivity index (χ3v) is 11.6. The topological polar surface area (TPSA) is 155 Å². The minimum Gasteiger partial charge on any atom is -0.480 e. The molecule has 4 N–H and O–H groups in total. The number of unbranched alkanes of at least 4 members (excludes halogenated alkanes) is 32. The van der Waals surface area contributed by atoms with E-state index in [0.717, 1.165) is 38.5 Å². The van der Waals surface area contributed by atoms with Crippen LogP contribution in [0.5, 0.6) is 0 Å². The van der Waals surface area contributed by atoms with Crippen LogP contribution >= 0.6 is 7.82 Å². The van der Waals surface area contributed by atoms with Gasteiger partial charge in [-0.1, -0.05) is 219 Å². The lowest BCUT2D eigenvalue weighted by molar-refractivity contribution is -0.154. The van der Waals surface area contributed by atoms with Crippen LogP contribution in [0.15, 0.2) is 0 Å². The van der Waals surface area contributed by atoms with Gasteiger partial charge in [-0.2, -0.15) is 0 Å². The number of ether oxygens (including phenoxy) is 2. The van der Waals surface area contributed by atoms with Crippen molar-refractivity contribution in [2.24, 2.45) is 5.73 Å². The van der Waals surface area contributed by atoms with Gasteiger partial charge in [-0.25, -0.2) is 4.57 Å². The number of carbonyl (C=O) groups excluding carboxylic acids is 1. The summed E-state index contributed by atoms with van der Waals surface area (Å²) < 4.78 is 33.4. The number of rotatable bonds is 46. The van der Waals surface area contributed by atoms with Crippen LogP contribution in [0.4, 0.5) is 0 Å². The molecule has 0 aromatic rings.